The number of amides is 1. The Kier molecular flexibility index (Phi) is 5.98. The van der Waals surface area contributed by atoms with E-state index in [0.717, 1.165) is 16.6 Å². The average molecular weight is 393 g/mol. The molecule has 0 aliphatic heterocycles. The van der Waals surface area contributed by atoms with Crippen molar-refractivity contribution in [2.75, 3.05) is 18.5 Å². The summed E-state index contributed by atoms with van der Waals surface area (Å²) < 4.78 is 1.78. The normalized spacial score (nSPS) is 10.9. The molecule has 0 aliphatic rings. The molecule has 8 heteroatoms. The Hall–Kier alpha value is -2.28. The molecule has 0 atom stereocenters. The zero-order chi connectivity index (χ0) is 18.5. The lowest BCUT2D eigenvalue weighted by molar-refractivity contribution is -0.121. The van der Waals surface area contributed by atoms with Gasteiger partial charge in [0.05, 0.1) is 17.6 Å². The van der Waals surface area contributed by atoms with Crippen molar-refractivity contribution in [2.45, 2.75) is 13.1 Å². The number of anilines is 1. The average Bonchev–Trinajstić information content (AvgIpc) is 2.97. The topological polar surface area (TPSA) is 79.2 Å². The highest BCUT2D eigenvalue weighted by Crippen LogP contribution is 2.21. The van der Waals surface area contributed by atoms with Crippen LogP contribution in [0.3, 0.4) is 0 Å². The van der Waals surface area contributed by atoms with Crippen molar-refractivity contribution in [1.82, 2.24) is 14.9 Å². The number of aliphatic hydroxyl groups excluding tert-OH is 1. The summed E-state index contributed by atoms with van der Waals surface area (Å²) in [5, 5.41) is 16.0. The number of aliphatic hydroxyl groups is 1. The fourth-order valence-electron chi connectivity index (χ4n) is 2.60. The maximum absolute atomic E-state index is 12.4. The fourth-order valence-corrected chi connectivity index (χ4v) is 3.07. The van der Waals surface area contributed by atoms with E-state index in [9.17, 15) is 4.79 Å². The third-order valence-corrected chi connectivity index (χ3v) is 4.43. The number of fused-ring (bicyclic) bond motifs is 1. The van der Waals surface area contributed by atoms with E-state index in [-0.39, 0.29) is 19.1 Å². The van der Waals surface area contributed by atoms with E-state index in [2.05, 4.69) is 15.6 Å². The van der Waals surface area contributed by atoms with Crippen LogP contribution in [0.5, 0.6) is 0 Å². The van der Waals surface area contributed by atoms with Gasteiger partial charge in [-0.3, -0.25) is 4.79 Å². The van der Waals surface area contributed by atoms with Gasteiger partial charge in [0.1, 0.15) is 6.54 Å². The quantitative estimate of drug-likeness (QED) is 0.577. The van der Waals surface area contributed by atoms with Gasteiger partial charge >= 0.3 is 0 Å². The Morgan fingerprint density at radius 3 is 2.77 bits per heavy atom. The lowest BCUT2D eigenvalue weighted by Gasteiger charge is -2.11. The molecule has 1 heterocycles. The zero-order valence-electron chi connectivity index (χ0n) is 13.9. The molecule has 0 unspecified atom stereocenters. The Morgan fingerprint density at radius 2 is 2.00 bits per heavy atom. The third kappa shape index (κ3) is 4.27. The number of nitrogens with one attached hydrogen (secondary N) is 2. The van der Waals surface area contributed by atoms with E-state index in [4.69, 9.17) is 28.3 Å². The summed E-state index contributed by atoms with van der Waals surface area (Å²) in [4.78, 5) is 16.9. The zero-order valence-corrected chi connectivity index (χ0v) is 15.4. The van der Waals surface area contributed by atoms with Crippen LogP contribution in [0.2, 0.25) is 10.0 Å². The number of nitrogens with zero attached hydrogens (tertiary/aromatic N) is 2. The third-order valence-electron chi connectivity index (χ3n) is 3.84. The van der Waals surface area contributed by atoms with Crippen molar-refractivity contribution in [2.24, 2.45) is 0 Å². The molecule has 3 rings (SSSR count). The van der Waals surface area contributed by atoms with E-state index in [1.54, 1.807) is 22.8 Å². The van der Waals surface area contributed by atoms with Crippen molar-refractivity contribution in [3.63, 3.8) is 0 Å². The van der Waals surface area contributed by atoms with Crippen molar-refractivity contribution in [1.29, 1.82) is 0 Å². The second-order valence-electron chi connectivity index (χ2n) is 5.67. The predicted octanol–water partition coefficient (Wildman–Crippen LogP) is 3.06. The molecule has 0 radical (unpaired) electrons. The van der Waals surface area contributed by atoms with Gasteiger partial charge in [-0.05, 0) is 29.8 Å². The maximum Gasteiger partial charge on any atom is 0.240 e. The summed E-state index contributed by atoms with van der Waals surface area (Å²) in [6.45, 7) is 0.732. The van der Waals surface area contributed by atoms with Crippen LogP contribution in [0.4, 0.5) is 5.95 Å². The minimum absolute atomic E-state index is 0.0233. The smallest absolute Gasteiger partial charge is 0.240 e. The number of halogens is 2. The van der Waals surface area contributed by atoms with Gasteiger partial charge in [0.15, 0.2) is 0 Å². The molecule has 0 bridgehead atoms. The highest BCUT2D eigenvalue weighted by molar-refractivity contribution is 6.35. The molecule has 3 N–H and O–H groups in total. The van der Waals surface area contributed by atoms with Gasteiger partial charge in [-0.2, -0.15) is 0 Å². The maximum atomic E-state index is 12.4. The van der Waals surface area contributed by atoms with E-state index in [0.29, 0.717) is 29.1 Å². The number of hydrogen-bond donors (Lipinski definition) is 3. The number of carbonyl (C=O) groups is 1. The first-order valence-electron chi connectivity index (χ1n) is 8.09. The van der Waals surface area contributed by atoms with E-state index < -0.39 is 0 Å². The standard InChI is InChI=1S/C18H18Cl2N4O2/c19-13-6-5-12(14(20)9-13)10-22-17(26)11-24-16-4-2-1-3-15(16)23-18(24)21-7-8-25/h1-6,9,25H,7-8,10-11H2,(H,21,23)(H,22,26). The molecule has 1 aromatic heterocycles. The van der Waals surface area contributed by atoms with Crippen LogP contribution in [-0.4, -0.2) is 33.7 Å². The van der Waals surface area contributed by atoms with Gasteiger partial charge in [0, 0.05) is 23.1 Å². The van der Waals surface area contributed by atoms with Gasteiger partial charge in [0.25, 0.3) is 0 Å². The number of benzene rings is 2. The number of hydrogen-bond acceptors (Lipinski definition) is 4. The number of para-hydroxylation sites is 2. The van der Waals surface area contributed by atoms with Crippen LogP contribution >= 0.6 is 23.2 Å². The highest BCUT2D eigenvalue weighted by atomic mass is 35.5. The van der Waals surface area contributed by atoms with Crippen molar-refractivity contribution in [3.05, 3.63) is 58.1 Å². The summed E-state index contributed by atoms with van der Waals surface area (Å²) in [5.74, 6) is 0.367. The molecule has 0 fully saturated rings. The first kappa shape index (κ1) is 18.5. The number of aromatic nitrogens is 2. The first-order chi connectivity index (χ1) is 12.6. The van der Waals surface area contributed by atoms with Crippen molar-refractivity contribution < 1.29 is 9.90 Å². The van der Waals surface area contributed by atoms with Crippen LogP contribution in [0.1, 0.15) is 5.56 Å². The van der Waals surface area contributed by atoms with Gasteiger partial charge in [-0.15, -0.1) is 0 Å². The summed E-state index contributed by atoms with van der Waals surface area (Å²) in [5.41, 5.74) is 2.41. The molecule has 0 saturated heterocycles. The van der Waals surface area contributed by atoms with Crippen LogP contribution in [-0.2, 0) is 17.9 Å². The second-order valence-corrected chi connectivity index (χ2v) is 6.52. The fraction of sp³-hybridized carbons (Fsp3) is 0.222. The number of imidazole rings is 1. The highest BCUT2D eigenvalue weighted by Gasteiger charge is 2.13. The molecule has 0 aliphatic carbocycles. The van der Waals surface area contributed by atoms with Gasteiger partial charge < -0.3 is 20.3 Å². The summed E-state index contributed by atoms with van der Waals surface area (Å²) in [6.07, 6.45) is 0. The van der Waals surface area contributed by atoms with Gasteiger partial charge in [0.2, 0.25) is 11.9 Å². The second kappa shape index (κ2) is 8.40. The van der Waals surface area contributed by atoms with Crippen LogP contribution in [0.15, 0.2) is 42.5 Å². The molecule has 0 saturated carbocycles. The SMILES string of the molecule is O=C(Cn1c(NCCO)nc2ccccc21)NCc1ccc(Cl)cc1Cl. The minimum Gasteiger partial charge on any atom is -0.395 e. The summed E-state index contributed by atoms with van der Waals surface area (Å²) in [6, 6.07) is 12.7. The van der Waals surface area contributed by atoms with Gasteiger partial charge in [-0.25, -0.2) is 4.98 Å². The summed E-state index contributed by atoms with van der Waals surface area (Å²) >= 11 is 12.0. The van der Waals surface area contributed by atoms with Crippen molar-refractivity contribution >= 4 is 46.1 Å². The molecule has 3 aromatic rings. The van der Waals surface area contributed by atoms with Crippen molar-refractivity contribution in [3.8, 4) is 0 Å². The molecular weight excluding hydrogens is 375 g/mol. The molecule has 2 aromatic carbocycles. The van der Waals surface area contributed by atoms with Crippen LogP contribution in [0.25, 0.3) is 11.0 Å². The number of carbonyl (C=O) groups excluding carboxylic acids is 1. The van der Waals surface area contributed by atoms with Crippen LogP contribution < -0.4 is 10.6 Å². The molecule has 6 nitrogen and oxygen atoms in total. The Balaban J connectivity index is 1.73. The molecule has 136 valence electrons. The molecule has 1 amide bonds. The molecular formula is C18H18Cl2N4O2. The lowest BCUT2D eigenvalue weighted by Crippen LogP contribution is -2.28. The van der Waals surface area contributed by atoms with Crippen LogP contribution in [0, 0.1) is 0 Å². The van der Waals surface area contributed by atoms with E-state index in [1.807, 2.05) is 24.3 Å². The first-order valence-corrected chi connectivity index (χ1v) is 8.84. The Morgan fingerprint density at radius 1 is 1.19 bits per heavy atom. The Bertz CT molecular complexity index is 927. The van der Waals surface area contributed by atoms with Gasteiger partial charge in [-0.1, -0.05) is 41.4 Å². The number of rotatable bonds is 7. The molecule has 0 spiro atoms. The lowest BCUT2D eigenvalue weighted by atomic mass is 10.2. The monoisotopic (exact) mass is 392 g/mol. The van der Waals surface area contributed by atoms with E-state index >= 15 is 0 Å². The van der Waals surface area contributed by atoms with E-state index in [1.165, 1.54) is 0 Å². The minimum atomic E-state index is -0.175. The largest absolute Gasteiger partial charge is 0.395 e. The Labute approximate surface area is 160 Å². The summed E-state index contributed by atoms with van der Waals surface area (Å²) in [7, 11) is 0. The predicted molar refractivity (Wildman–Crippen MR) is 104 cm³/mol. The molecule has 26 heavy (non-hydrogen) atoms.